The highest BCUT2D eigenvalue weighted by molar-refractivity contribution is 6.03. The van der Waals surface area contributed by atoms with Crippen molar-refractivity contribution < 1.29 is 4.39 Å². The Kier molecular flexibility index (Phi) is 3.91. The maximum Gasteiger partial charge on any atom is 0.139 e. The molecule has 140 valence electrons. The maximum atomic E-state index is 14.7. The summed E-state index contributed by atoms with van der Waals surface area (Å²) < 4.78 is 14.7. The zero-order valence-corrected chi connectivity index (χ0v) is 15.3. The van der Waals surface area contributed by atoms with E-state index in [-0.39, 0.29) is 11.7 Å². The molecule has 4 aromatic rings. The average molecular weight is 381 g/mol. The van der Waals surface area contributed by atoms with Crippen molar-refractivity contribution >= 4 is 5.84 Å². The summed E-state index contributed by atoms with van der Waals surface area (Å²) >= 11 is 0. The number of hydrogen-bond acceptors (Lipinski definition) is 5. The van der Waals surface area contributed by atoms with Gasteiger partial charge in [-0.05, 0) is 41.0 Å². The molecule has 1 aliphatic rings. The summed E-state index contributed by atoms with van der Waals surface area (Å²) in [7, 11) is 0. The summed E-state index contributed by atoms with van der Waals surface area (Å²) in [5.41, 5.74) is 9.87. The van der Waals surface area contributed by atoms with E-state index in [1.807, 2.05) is 42.5 Å². The number of aliphatic imine (C=N–C) groups is 1. The number of halogens is 1. The molecule has 0 radical (unpaired) electrons. The van der Waals surface area contributed by atoms with Crippen LogP contribution in [0.4, 0.5) is 4.39 Å². The van der Waals surface area contributed by atoms with Gasteiger partial charge in [0.05, 0.1) is 5.56 Å². The highest BCUT2D eigenvalue weighted by Crippen LogP contribution is 2.46. The first-order valence-electron chi connectivity index (χ1n) is 9.11. The third kappa shape index (κ3) is 2.61. The lowest BCUT2D eigenvalue weighted by Crippen LogP contribution is -2.25. The van der Waals surface area contributed by atoms with Gasteiger partial charge in [0.1, 0.15) is 23.5 Å². The maximum absolute atomic E-state index is 14.7. The van der Waals surface area contributed by atoms with Gasteiger partial charge in [-0.1, -0.05) is 30.3 Å². The van der Waals surface area contributed by atoms with Crippen LogP contribution < -0.4 is 5.73 Å². The quantitative estimate of drug-likeness (QED) is 0.587. The highest BCUT2D eigenvalue weighted by atomic mass is 19.1. The van der Waals surface area contributed by atoms with Crippen LogP contribution in [0.15, 0.2) is 90.7 Å². The summed E-state index contributed by atoms with van der Waals surface area (Å²) in [5, 5.41) is 0. The fourth-order valence-corrected chi connectivity index (χ4v) is 3.95. The Morgan fingerprint density at radius 2 is 1.55 bits per heavy atom. The number of fused-ring (bicyclic) bond motifs is 1. The van der Waals surface area contributed by atoms with Crippen molar-refractivity contribution in [2.75, 3.05) is 0 Å². The van der Waals surface area contributed by atoms with Gasteiger partial charge in [-0.2, -0.15) is 0 Å². The van der Waals surface area contributed by atoms with Gasteiger partial charge >= 0.3 is 0 Å². The smallest absolute Gasteiger partial charge is 0.139 e. The molecule has 1 aliphatic heterocycles. The van der Waals surface area contributed by atoms with E-state index in [0.717, 1.165) is 22.3 Å². The summed E-state index contributed by atoms with van der Waals surface area (Å²) in [6.07, 6.45) is 8.41. The van der Waals surface area contributed by atoms with Gasteiger partial charge in [0.15, 0.2) is 0 Å². The Bertz CT molecular complexity index is 1220. The Morgan fingerprint density at radius 1 is 0.793 bits per heavy atom. The average Bonchev–Trinajstić information content (AvgIpc) is 3.10. The molecule has 0 unspecified atom stereocenters. The number of rotatable bonds is 3. The molecule has 0 saturated heterocycles. The Morgan fingerprint density at radius 3 is 2.34 bits per heavy atom. The third-order valence-corrected chi connectivity index (χ3v) is 5.22. The summed E-state index contributed by atoms with van der Waals surface area (Å²) in [4.78, 5) is 17.2. The van der Waals surface area contributed by atoms with Crippen LogP contribution in [0.3, 0.4) is 0 Å². The fraction of sp³-hybridized carbons (Fsp3) is 0.0435. The molecule has 0 saturated carbocycles. The van der Waals surface area contributed by atoms with Gasteiger partial charge in [-0.15, -0.1) is 0 Å². The molecule has 5 rings (SSSR count). The van der Waals surface area contributed by atoms with E-state index in [1.54, 1.807) is 30.9 Å². The minimum atomic E-state index is -0.962. The molecule has 0 fully saturated rings. The van der Waals surface area contributed by atoms with Crippen molar-refractivity contribution in [2.45, 2.75) is 5.54 Å². The van der Waals surface area contributed by atoms with Crippen molar-refractivity contribution in [3.63, 3.8) is 0 Å². The number of pyridine rings is 1. The predicted molar refractivity (Wildman–Crippen MR) is 109 cm³/mol. The van der Waals surface area contributed by atoms with E-state index in [4.69, 9.17) is 10.7 Å². The van der Waals surface area contributed by atoms with Crippen LogP contribution in [-0.2, 0) is 5.54 Å². The molecule has 29 heavy (non-hydrogen) atoms. The van der Waals surface area contributed by atoms with E-state index in [2.05, 4.69) is 15.0 Å². The first-order valence-corrected chi connectivity index (χ1v) is 9.11. The molecule has 0 spiro atoms. The molecule has 3 heterocycles. The predicted octanol–water partition coefficient (Wildman–Crippen LogP) is 3.69. The Labute approximate surface area is 166 Å². The van der Waals surface area contributed by atoms with Crippen molar-refractivity contribution in [2.24, 2.45) is 10.7 Å². The van der Waals surface area contributed by atoms with Crippen LogP contribution >= 0.6 is 0 Å². The molecule has 5 nitrogen and oxygen atoms in total. The number of amidine groups is 1. The number of nitrogens with zero attached hydrogens (tertiary/aromatic N) is 4. The van der Waals surface area contributed by atoms with Crippen molar-refractivity contribution in [3.8, 4) is 11.1 Å². The van der Waals surface area contributed by atoms with Crippen molar-refractivity contribution in [1.29, 1.82) is 0 Å². The molecular weight excluding hydrogens is 365 g/mol. The van der Waals surface area contributed by atoms with Gasteiger partial charge < -0.3 is 5.73 Å². The molecular formula is C23H16FN5. The van der Waals surface area contributed by atoms with Crippen LogP contribution in [0, 0.1) is 5.82 Å². The summed E-state index contributed by atoms with van der Waals surface area (Å²) in [6, 6.07) is 16.7. The van der Waals surface area contributed by atoms with Gasteiger partial charge in [0.25, 0.3) is 0 Å². The van der Waals surface area contributed by atoms with Crippen molar-refractivity contribution in [1.82, 2.24) is 15.0 Å². The van der Waals surface area contributed by atoms with Gasteiger partial charge in [-0.3, -0.25) is 4.98 Å². The molecule has 0 aliphatic carbocycles. The van der Waals surface area contributed by atoms with E-state index in [1.165, 1.54) is 12.4 Å². The zero-order chi connectivity index (χ0) is 19.8. The van der Waals surface area contributed by atoms with Gasteiger partial charge in [0.2, 0.25) is 0 Å². The highest BCUT2D eigenvalue weighted by Gasteiger charge is 2.44. The second-order valence-electron chi connectivity index (χ2n) is 6.81. The number of nitrogens with two attached hydrogens (primary N) is 1. The van der Waals surface area contributed by atoms with Crippen molar-refractivity contribution in [3.05, 3.63) is 114 Å². The van der Waals surface area contributed by atoms with Crippen LogP contribution in [0.1, 0.15) is 22.3 Å². The number of aromatic nitrogens is 3. The topological polar surface area (TPSA) is 77.0 Å². The van der Waals surface area contributed by atoms with E-state index < -0.39 is 5.54 Å². The summed E-state index contributed by atoms with van der Waals surface area (Å²) in [6.45, 7) is 0. The lowest BCUT2D eigenvalue weighted by Gasteiger charge is -2.29. The first-order chi connectivity index (χ1) is 14.2. The normalized spacial score (nSPS) is 17.6. The molecule has 1 atom stereocenters. The van der Waals surface area contributed by atoms with Crippen LogP contribution in [-0.4, -0.2) is 20.8 Å². The standard InChI is InChI=1S/C23H16FN5/c24-20-6-2-5-19-21(20)22(25)29-23(19,17-7-9-26-10-8-17)18-4-1-3-15(11-18)16-12-27-14-28-13-16/h1-14H,(H2,25,29)/t23-/m0/s1. The lowest BCUT2D eigenvalue weighted by atomic mass is 9.77. The zero-order valence-electron chi connectivity index (χ0n) is 15.3. The fourth-order valence-electron chi connectivity index (χ4n) is 3.95. The largest absolute Gasteiger partial charge is 0.383 e. The molecule has 0 amide bonds. The molecule has 2 N–H and O–H groups in total. The minimum Gasteiger partial charge on any atom is -0.383 e. The third-order valence-electron chi connectivity index (χ3n) is 5.22. The minimum absolute atomic E-state index is 0.184. The van der Waals surface area contributed by atoms with Gasteiger partial charge in [-0.25, -0.2) is 19.4 Å². The monoisotopic (exact) mass is 381 g/mol. The van der Waals surface area contributed by atoms with Crippen LogP contribution in [0.5, 0.6) is 0 Å². The Balaban J connectivity index is 1.81. The second kappa shape index (κ2) is 6.60. The molecule has 0 bridgehead atoms. The SMILES string of the molecule is NC1=N[C@@](c2ccncc2)(c2cccc(-c3cncnc3)c2)c2cccc(F)c21. The van der Waals surface area contributed by atoms with E-state index in [0.29, 0.717) is 11.1 Å². The first kappa shape index (κ1) is 17.2. The van der Waals surface area contributed by atoms with Crippen LogP contribution in [0.25, 0.3) is 11.1 Å². The molecule has 2 aromatic carbocycles. The molecule has 2 aromatic heterocycles. The van der Waals surface area contributed by atoms with Crippen LogP contribution in [0.2, 0.25) is 0 Å². The lowest BCUT2D eigenvalue weighted by molar-refractivity contribution is 0.615. The van der Waals surface area contributed by atoms with E-state index >= 15 is 0 Å². The van der Waals surface area contributed by atoms with E-state index in [9.17, 15) is 4.39 Å². The Hall–Kier alpha value is -3.93. The molecule has 6 heteroatoms. The second-order valence-corrected chi connectivity index (χ2v) is 6.81. The number of benzene rings is 2. The summed E-state index contributed by atoms with van der Waals surface area (Å²) in [5.74, 6) is -0.198. The van der Waals surface area contributed by atoms with Gasteiger partial charge in [0, 0.05) is 35.9 Å². The number of hydrogen-bond donors (Lipinski definition) is 1.